The molecule has 11 heteroatoms. The lowest BCUT2D eigenvalue weighted by molar-refractivity contribution is 0.102. The summed E-state index contributed by atoms with van der Waals surface area (Å²) in [5.74, 6) is 0.259. The molecule has 142 valence electrons. The molecule has 4 rings (SSSR count). The monoisotopic (exact) mass is 430 g/mol. The van der Waals surface area contributed by atoms with E-state index >= 15 is 0 Å². The lowest BCUT2D eigenvalue weighted by Crippen LogP contribution is -2.15. The fourth-order valence-corrected chi connectivity index (χ4v) is 4.88. The summed E-state index contributed by atoms with van der Waals surface area (Å²) in [6.45, 7) is 3.72. The molecule has 1 amide bonds. The first-order valence-corrected chi connectivity index (χ1v) is 10.8. The van der Waals surface area contributed by atoms with Crippen LogP contribution in [0.4, 0.5) is 5.13 Å². The van der Waals surface area contributed by atoms with Gasteiger partial charge in [0, 0.05) is 17.4 Å². The predicted octanol–water partition coefficient (Wildman–Crippen LogP) is 3.16. The summed E-state index contributed by atoms with van der Waals surface area (Å²) in [5.41, 5.74) is 1.95. The molecule has 3 aromatic heterocycles. The van der Waals surface area contributed by atoms with Crippen molar-refractivity contribution < 1.29 is 4.79 Å². The summed E-state index contributed by atoms with van der Waals surface area (Å²) < 4.78 is 1.99. The molecular weight excluding hydrogens is 416 g/mol. The number of nitrogens with one attached hydrogen (secondary N) is 1. The number of carbonyl (C=O) groups excluding carboxylic acids is 1. The van der Waals surface area contributed by atoms with Gasteiger partial charge >= 0.3 is 0 Å². The topological polar surface area (TPSA) is 102 Å². The van der Waals surface area contributed by atoms with E-state index in [1.807, 2.05) is 32.0 Å². The van der Waals surface area contributed by atoms with Gasteiger partial charge in [-0.3, -0.25) is 14.9 Å². The van der Waals surface area contributed by atoms with Crippen LogP contribution in [0, 0.1) is 13.8 Å². The molecule has 0 saturated heterocycles. The molecule has 0 unspecified atom stereocenters. The number of aryl methyl sites for hydroxylation is 2. The van der Waals surface area contributed by atoms with E-state index in [4.69, 9.17) is 0 Å². The van der Waals surface area contributed by atoms with Crippen LogP contribution in [0.2, 0.25) is 0 Å². The molecular formula is C17H14N6O2S3. The molecule has 1 aromatic carbocycles. The van der Waals surface area contributed by atoms with E-state index in [9.17, 15) is 9.59 Å². The minimum atomic E-state index is -0.216. The molecule has 0 saturated carbocycles. The molecule has 0 aliphatic heterocycles. The average molecular weight is 431 g/mol. The van der Waals surface area contributed by atoms with Gasteiger partial charge in [-0.1, -0.05) is 52.6 Å². The first-order chi connectivity index (χ1) is 13.5. The number of amides is 1. The van der Waals surface area contributed by atoms with Crippen molar-refractivity contribution in [2.75, 3.05) is 5.32 Å². The van der Waals surface area contributed by atoms with Crippen LogP contribution in [0.15, 0.2) is 39.5 Å². The van der Waals surface area contributed by atoms with Crippen molar-refractivity contribution in [1.82, 2.24) is 24.8 Å². The number of anilines is 1. The highest BCUT2D eigenvalue weighted by atomic mass is 32.2. The van der Waals surface area contributed by atoms with Crippen molar-refractivity contribution in [3.63, 3.8) is 0 Å². The maximum absolute atomic E-state index is 12.4. The molecule has 8 nitrogen and oxygen atoms in total. The van der Waals surface area contributed by atoms with Crippen LogP contribution in [-0.4, -0.2) is 30.7 Å². The molecule has 4 aromatic rings. The molecule has 0 spiro atoms. The Bertz CT molecular complexity index is 1230. The molecule has 3 heterocycles. The van der Waals surface area contributed by atoms with Crippen LogP contribution in [0.5, 0.6) is 0 Å². The lowest BCUT2D eigenvalue weighted by atomic mass is 10.1. The zero-order valence-electron chi connectivity index (χ0n) is 14.9. The predicted molar refractivity (Wildman–Crippen MR) is 110 cm³/mol. The zero-order chi connectivity index (χ0) is 19.7. The Balaban J connectivity index is 1.43. The van der Waals surface area contributed by atoms with Gasteiger partial charge in [-0.05, 0) is 25.5 Å². The minimum absolute atomic E-state index is 0.201. The number of nitrogens with zero attached hydrogens (tertiary/aromatic N) is 5. The largest absolute Gasteiger partial charge is 0.296 e. The number of carbonyl (C=O) groups is 1. The van der Waals surface area contributed by atoms with Gasteiger partial charge in [0.05, 0.1) is 5.69 Å². The summed E-state index contributed by atoms with van der Waals surface area (Å²) in [4.78, 5) is 29.5. The standard InChI is InChI=1S/C17H14N6O2S3/c1-9-5-3-4-6-12(9)14(25)19-15-20-21-17(28-15)26-8-11-7-13(24)23-16(18-11)27-10(2)22-23/h3-7H,8H2,1-2H3,(H,19,20,25). The van der Waals surface area contributed by atoms with Gasteiger partial charge in [-0.2, -0.15) is 9.61 Å². The second-order valence-corrected chi connectivity index (χ2v) is 9.19. The van der Waals surface area contributed by atoms with E-state index < -0.39 is 0 Å². The Morgan fingerprint density at radius 1 is 1.21 bits per heavy atom. The fourth-order valence-electron chi connectivity index (χ4n) is 2.47. The summed E-state index contributed by atoms with van der Waals surface area (Å²) in [5, 5.41) is 16.2. The van der Waals surface area contributed by atoms with E-state index in [0.29, 0.717) is 31.4 Å². The summed E-state index contributed by atoms with van der Waals surface area (Å²) in [6, 6.07) is 8.83. The number of thioether (sulfide) groups is 1. The molecule has 0 fully saturated rings. The average Bonchev–Trinajstić information content (AvgIpc) is 3.26. The van der Waals surface area contributed by atoms with Gasteiger partial charge in [-0.15, -0.1) is 10.2 Å². The van der Waals surface area contributed by atoms with Gasteiger partial charge in [0.1, 0.15) is 5.01 Å². The lowest BCUT2D eigenvalue weighted by Gasteiger charge is -2.03. The molecule has 0 atom stereocenters. The summed E-state index contributed by atoms with van der Waals surface area (Å²) in [7, 11) is 0. The third-order valence-corrected chi connectivity index (χ3v) is 6.59. The van der Waals surface area contributed by atoms with E-state index in [2.05, 4.69) is 25.6 Å². The first-order valence-electron chi connectivity index (χ1n) is 8.19. The van der Waals surface area contributed by atoms with Crippen molar-refractivity contribution in [3.05, 3.63) is 62.5 Å². The van der Waals surface area contributed by atoms with Crippen molar-refractivity contribution >= 4 is 50.4 Å². The van der Waals surface area contributed by atoms with Crippen LogP contribution >= 0.6 is 34.4 Å². The Kier molecular flexibility index (Phi) is 5.20. The molecule has 0 radical (unpaired) electrons. The van der Waals surface area contributed by atoms with E-state index in [1.54, 1.807) is 6.07 Å². The highest BCUT2D eigenvalue weighted by Crippen LogP contribution is 2.28. The van der Waals surface area contributed by atoms with Crippen molar-refractivity contribution in [3.8, 4) is 0 Å². The first kappa shape index (κ1) is 18.7. The summed E-state index contributed by atoms with van der Waals surface area (Å²) in [6.07, 6.45) is 0. The van der Waals surface area contributed by atoms with Gasteiger partial charge in [-0.25, -0.2) is 4.98 Å². The maximum atomic E-state index is 12.4. The third kappa shape index (κ3) is 3.96. The number of hydrogen-bond donors (Lipinski definition) is 1. The third-order valence-electron chi connectivity index (χ3n) is 3.76. The molecule has 28 heavy (non-hydrogen) atoms. The number of aromatic nitrogens is 5. The normalized spacial score (nSPS) is 11.1. The van der Waals surface area contributed by atoms with Crippen LogP contribution in [0.25, 0.3) is 4.96 Å². The Morgan fingerprint density at radius 2 is 2.04 bits per heavy atom. The molecule has 0 aliphatic rings. The van der Waals surface area contributed by atoms with Gasteiger partial charge in [0.25, 0.3) is 11.5 Å². The van der Waals surface area contributed by atoms with E-state index in [0.717, 1.165) is 10.6 Å². The van der Waals surface area contributed by atoms with Crippen molar-refractivity contribution in [2.24, 2.45) is 0 Å². The van der Waals surface area contributed by atoms with Crippen LogP contribution in [0.3, 0.4) is 0 Å². The molecule has 0 aliphatic carbocycles. The maximum Gasteiger partial charge on any atom is 0.275 e. The quantitative estimate of drug-likeness (QED) is 0.383. The highest BCUT2D eigenvalue weighted by Gasteiger charge is 2.13. The minimum Gasteiger partial charge on any atom is -0.296 e. The van der Waals surface area contributed by atoms with Crippen LogP contribution in [0.1, 0.15) is 26.6 Å². The van der Waals surface area contributed by atoms with E-state index in [1.165, 1.54) is 45.0 Å². The Morgan fingerprint density at radius 3 is 2.86 bits per heavy atom. The smallest absolute Gasteiger partial charge is 0.275 e. The fraction of sp³-hybridized carbons (Fsp3) is 0.176. The van der Waals surface area contributed by atoms with Crippen molar-refractivity contribution in [1.29, 1.82) is 0 Å². The van der Waals surface area contributed by atoms with Gasteiger partial charge < -0.3 is 0 Å². The molecule has 1 N–H and O–H groups in total. The number of benzene rings is 1. The SMILES string of the molecule is Cc1nn2c(=O)cc(CSc3nnc(NC(=O)c4ccccc4C)s3)nc2s1. The second kappa shape index (κ2) is 7.78. The Labute approximate surface area is 171 Å². The van der Waals surface area contributed by atoms with E-state index in [-0.39, 0.29) is 11.5 Å². The van der Waals surface area contributed by atoms with Gasteiger partial charge in [0.15, 0.2) is 4.34 Å². The zero-order valence-corrected chi connectivity index (χ0v) is 17.3. The highest BCUT2D eigenvalue weighted by molar-refractivity contribution is 8.00. The number of hydrogen-bond acceptors (Lipinski definition) is 9. The number of rotatable bonds is 5. The molecule has 0 bridgehead atoms. The number of fused-ring (bicyclic) bond motifs is 1. The summed E-state index contributed by atoms with van der Waals surface area (Å²) >= 11 is 4.06. The van der Waals surface area contributed by atoms with Gasteiger partial charge in [0.2, 0.25) is 10.1 Å². The van der Waals surface area contributed by atoms with Crippen molar-refractivity contribution in [2.45, 2.75) is 23.9 Å². The van der Waals surface area contributed by atoms with Crippen LogP contribution < -0.4 is 10.9 Å². The van der Waals surface area contributed by atoms with Crippen LogP contribution in [-0.2, 0) is 5.75 Å². The Hall–Kier alpha value is -2.63. The second-order valence-electron chi connectivity index (χ2n) is 5.83.